The first kappa shape index (κ1) is 19.0. The monoisotopic (exact) mass is 415 g/mol. The molecule has 0 bridgehead atoms. The largest absolute Gasteiger partial charge is 0.273 e. The van der Waals surface area contributed by atoms with Crippen molar-refractivity contribution in [3.63, 3.8) is 0 Å². The Kier molecular flexibility index (Phi) is 5.44. The van der Waals surface area contributed by atoms with E-state index in [0.29, 0.717) is 22.8 Å². The van der Waals surface area contributed by atoms with Gasteiger partial charge in [0.05, 0.1) is 41.4 Å². The van der Waals surface area contributed by atoms with Crippen LogP contribution in [0.1, 0.15) is 34.4 Å². The van der Waals surface area contributed by atoms with Crippen molar-refractivity contribution in [3.05, 3.63) is 32.5 Å². The highest BCUT2D eigenvalue weighted by molar-refractivity contribution is 7.91. The summed E-state index contributed by atoms with van der Waals surface area (Å²) in [4.78, 5) is 16.1. The normalized spacial score (nSPS) is 19.3. The molecule has 0 radical (unpaired) electrons. The maximum Gasteiger partial charge on any atom is 0.246 e. The molecule has 2 aromatic rings. The lowest BCUT2D eigenvalue weighted by molar-refractivity contribution is -0.120. The number of aryl methyl sites for hydroxylation is 2. The molecule has 1 N–H and O–H groups in total. The Labute approximate surface area is 160 Å². The summed E-state index contributed by atoms with van der Waals surface area (Å²) in [5, 5.41) is 11.2. The minimum Gasteiger partial charge on any atom is -0.273 e. The third-order valence-electron chi connectivity index (χ3n) is 3.99. The molecule has 0 saturated carbocycles. The summed E-state index contributed by atoms with van der Waals surface area (Å²) in [6.45, 7) is 3.63. The Balaban J connectivity index is 1.66. The van der Waals surface area contributed by atoms with Gasteiger partial charge in [-0.3, -0.25) is 4.79 Å². The first-order valence-corrected chi connectivity index (χ1v) is 11.0. The number of thiazole rings is 1. The van der Waals surface area contributed by atoms with Crippen LogP contribution in [0.5, 0.6) is 0 Å². The maximum atomic E-state index is 11.9. The number of hydrogen-bond donors (Lipinski definition) is 1. The zero-order valence-electron chi connectivity index (χ0n) is 14.3. The number of halogens is 1. The van der Waals surface area contributed by atoms with E-state index < -0.39 is 9.84 Å². The molecule has 140 valence electrons. The Bertz CT molecular complexity index is 964. The highest BCUT2D eigenvalue weighted by Gasteiger charge is 2.31. The van der Waals surface area contributed by atoms with E-state index in [0.717, 1.165) is 10.7 Å². The van der Waals surface area contributed by atoms with Gasteiger partial charge >= 0.3 is 0 Å². The first-order valence-electron chi connectivity index (χ1n) is 7.93. The fraction of sp³-hybridized carbons (Fsp3) is 0.467. The molecule has 1 atom stereocenters. The minimum atomic E-state index is -3.04. The predicted octanol–water partition coefficient (Wildman–Crippen LogP) is 1.66. The van der Waals surface area contributed by atoms with Crippen molar-refractivity contribution in [3.8, 4) is 0 Å². The van der Waals surface area contributed by atoms with Gasteiger partial charge in [0, 0.05) is 11.1 Å². The molecule has 0 spiro atoms. The number of hydrazone groups is 1. The molecule has 0 unspecified atom stereocenters. The standard InChI is InChI=1S/C15H18ClN5O3S2/c1-9-7-25-14(18-9)5-13(22)19-17-6-12-10(2)20-21(15(12)16)11-3-4-26(23,24)8-11/h6-7,11H,3-5,8H2,1-2H3,(H,19,22)/b17-6-/t11-/m1/s1. The van der Waals surface area contributed by atoms with Crippen LogP contribution in [0, 0.1) is 13.8 Å². The van der Waals surface area contributed by atoms with Crippen molar-refractivity contribution < 1.29 is 13.2 Å². The van der Waals surface area contributed by atoms with Crippen molar-refractivity contribution in [1.82, 2.24) is 20.2 Å². The zero-order chi connectivity index (χ0) is 18.9. The number of rotatable bonds is 5. The predicted molar refractivity (Wildman–Crippen MR) is 101 cm³/mol. The van der Waals surface area contributed by atoms with Gasteiger partial charge in [-0.05, 0) is 20.3 Å². The summed E-state index contributed by atoms with van der Waals surface area (Å²) in [7, 11) is -3.04. The van der Waals surface area contributed by atoms with Crippen molar-refractivity contribution in [1.29, 1.82) is 0 Å². The summed E-state index contributed by atoms with van der Waals surface area (Å²) in [5.41, 5.74) is 4.50. The average Bonchev–Trinajstić information content (AvgIpc) is 3.20. The molecule has 11 heteroatoms. The fourth-order valence-corrected chi connectivity index (χ4v) is 5.54. The SMILES string of the molecule is Cc1csc(CC(=O)N/N=C\c2c(C)nn([C@@H]3CCS(=O)(=O)C3)c2Cl)n1. The zero-order valence-corrected chi connectivity index (χ0v) is 16.7. The third kappa shape index (κ3) is 4.30. The molecule has 26 heavy (non-hydrogen) atoms. The van der Waals surface area contributed by atoms with Gasteiger partial charge < -0.3 is 0 Å². The molecule has 1 aliphatic rings. The molecule has 3 rings (SSSR count). The second-order valence-corrected chi connectivity index (χ2v) is 9.67. The Morgan fingerprint density at radius 3 is 2.92 bits per heavy atom. The van der Waals surface area contributed by atoms with E-state index in [9.17, 15) is 13.2 Å². The molecule has 0 aliphatic carbocycles. The van der Waals surface area contributed by atoms with Gasteiger partial charge in [0.25, 0.3) is 0 Å². The van der Waals surface area contributed by atoms with Crippen molar-refractivity contribution in [2.24, 2.45) is 5.10 Å². The number of hydrogen-bond acceptors (Lipinski definition) is 7. The number of sulfone groups is 1. The van der Waals surface area contributed by atoms with E-state index in [2.05, 4.69) is 20.6 Å². The second kappa shape index (κ2) is 7.45. The smallest absolute Gasteiger partial charge is 0.246 e. The number of carbonyl (C=O) groups is 1. The lowest BCUT2D eigenvalue weighted by Gasteiger charge is -2.09. The molecule has 3 heterocycles. The molecule has 2 aromatic heterocycles. The van der Waals surface area contributed by atoms with E-state index in [-0.39, 0.29) is 29.9 Å². The van der Waals surface area contributed by atoms with Gasteiger partial charge in [0.15, 0.2) is 9.84 Å². The van der Waals surface area contributed by atoms with Crippen LogP contribution < -0.4 is 5.43 Å². The van der Waals surface area contributed by atoms with E-state index in [4.69, 9.17) is 11.6 Å². The molecular formula is C15H18ClN5O3S2. The molecule has 0 aromatic carbocycles. The molecule has 8 nitrogen and oxygen atoms in total. The van der Waals surface area contributed by atoms with Gasteiger partial charge in [-0.15, -0.1) is 11.3 Å². The highest BCUT2D eigenvalue weighted by Crippen LogP contribution is 2.29. The summed E-state index contributed by atoms with van der Waals surface area (Å²) in [5.74, 6) is -0.101. The Morgan fingerprint density at radius 1 is 1.54 bits per heavy atom. The second-order valence-electron chi connectivity index (χ2n) is 6.14. The van der Waals surface area contributed by atoms with Crippen LogP contribution in [0.25, 0.3) is 0 Å². The number of carbonyl (C=O) groups excluding carboxylic acids is 1. The number of amides is 1. The lowest BCUT2D eigenvalue weighted by Crippen LogP contribution is -2.19. The maximum absolute atomic E-state index is 11.9. The van der Waals surface area contributed by atoms with Crippen LogP contribution in [-0.2, 0) is 21.1 Å². The van der Waals surface area contributed by atoms with Crippen LogP contribution in [0.15, 0.2) is 10.5 Å². The van der Waals surface area contributed by atoms with Crippen molar-refractivity contribution >= 4 is 44.9 Å². The van der Waals surface area contributed by atoms with Gasteiger partial charge in [0.1, 0.15) is 10.2 Å². The summed E-state index contributed by atoms with van der Waals surface area (Å²) < 4.78 is 24.8. The van der Waals surface area contributed by atoms with Crippen LogP contribution in [0.2, 0.25) is 5.15 Å². The van der Waals surface area contributed by atoms with E-state index in [1.165, 1.54) is 22.2 Å². The molecular weight excluding hydrogens is 398 g/mol. The topological polar surface area (TPSA) is 106 Å². The molecule has 1 aliphatic heterocycles. The summed E-state index contributed by atoms with van der Waals surface area (Å²) in [6, 6.07) is -0.268. The molecule has 1 amide bonds. The lowest BCUT2D eigenvalue weighted by atomic mass is 10.2. The first-order chi connectivity index (χ1) is 12.2. The third-order valence-corrected chi connectivity index (χ3v) is 7.08. The summed E-state index contributed by atoms with van der Waals surface area (Å²) in [6.07, 6.45) is 2.07. The molecule has 1 saturated heterocycles. The number of aromatic nitrogens is 3. The quantitative estimate of drug-likeness (QED) is 0.590. The van der Waals surface area contributed by atoms with E-state index >= 15 is 0 Å². The van der Waals surface area contributed by atoms with Crippen LogP contribution in [-0.4, -0.2) is 46.8 Å². The Morgan fingerprint density at radius 2 is 2.31 bits per heavy atom. The van der Waals surface area contributed by atoms with E-state index in [1.807, 2.05) is 12.3 Å². The van der Waals surface area contributed by atoms with Crippen molar-refractivity contribution in [2.45, 2.75) is 32.7 Å². The molecule has 1 fully saturated rings. The number of nitrogens with one attached hydrogen (secondary N) is 1. The minimum absolute atomic E-state index is 0.0361. The fourth-order valence-electron chi connectivity index (χ4n) is 2.72. The highest BCUT2D eigenvalue weighted by atomic mass is 35.5. The van der Waals surface area contributed by atoms with Crippen LogP contribution >= 0.6 is 22.9 Å². The number of nitrogens with zero attached hydrogens (tertiary/aromatic N) is 4. The van der Waals surface area contributed by atoms with Gasteiger partial charge in [-0.1, -0.05) is 11.6 Å². The van der Waals surface area contributed by atoms with Gasteiger partial charge in [-0.2, -0.15) is 10.2 Å². The van der Waals surface area contributed by atoms with Gasteiger partial charge in [0.2, 0.25) is 5.91 Å². The van der Waals surface area contributed by atoms with Crippen LogP contribution in [0.3, 0.4) is 0 Å². The van der Waals surface area contributed by atoms with Crippen molar-refractivity contribution in [2.75, 3.05) is 11.5 Å². The van der Waals surface area contributed by atoms with E-state index in [1.54, 1.807) is 6.92 Å². The average molecular weight is 416 g/mol. The van der Waals surface area contributed by atoms with Gasteiger partial charge in [-0.25, -0.2) is 23.5 Å². The summed E-state index contributed by atoms with van der Waals surface area (Å²) >= 11 is 7.77. The van der Waals surface area contributed by atoms with Crippen LogP contribution in [0.4, 0.5) is 0 Å². The Hall–Kier alpha value is -1.78.